The average Bonchev–Trinajstić information content (AvgIpc) is 2.21. The van der Waals surface area contributed by atoms with Crippen molar-refractivity contribution in [2.45, 2.75) is 19.3 Å². The summed E-state index contributed by atoms with van der Waals surface area (Å²) < 4.78 is 0.942. The van der Waals surface area contributed by atoms with Gasteiger partial charge in [-0.25, -0.2) is 0 Å². The van der Waals surface area contributed by atoms with Crippen molar-refractivity contribution in [1.29, 1.82) is 0 Å². The fourth-order valence-electron chi connectivity index (χ4n) is 1.25. The number of rotatable bonds is 3. The summed E-state index contributed by atoms with van der Waals surface area (Å²) in [5.74, 6) is 4.14. The lowest BCUT2D eigenvalue weighted by Crippen LogP contribution is -2.10. The van der Waals surface area contributed by atoms with E-state index in [9.17, 15) is 4.79 Å². The Balaban J connectivity index is 2.92. The molecule has 0 fully saturated rings. The minimum absolute atomic E-state index is 0.355. The number of aliphatic carboxylic acids is 1. The Morgan fingerprint density at radius 3 is 2.53 bits per heavy atom. The van der Waals surface area contributed by atoms with Gasteiger partial charge in [-0.3, -0.25) is 4.79 Å². The number of carboxylic acids is 1. The zero-order valence-electron chi connectivity index (χ0n) is 8.33. The lowest BCUT2D eigenvalue weighted by molar-refractivity contribution is -0.138. The van der Waals surface area contributed by atoms with Gasteiger partial charge < -0.3 is 5.11 Å². The largest absolute Gasteiger partial charge is 0.481 e. The number of benzene rings is 1. The van der Waals surface area contributed by atoms with Gasteiger partial charge in [0.05, 0.1) is 5.92 Å². The van der Waals surface area contributed by atoms with Gasteiger partial charge in [-0.05, 0) is 24.6 Å². The average molecular weight is 267 g/mol. The van der Waals surface area contributed by atoms with E-state index in [1.54, 1.807) is 19.1 Å². The predicted molar refractivity (Wildman–Crippen MR) is 62.6 cm³/mol. The first-order valence-electron chi connectivity index (χ1n) is 4.53. The van der Waals surface area contributed by atoms with Crippen LogP contribution in [0, 0.1) is 11.8 Å². The van der Waals surface area contributed by atoms with Crippen LogP contribution in [0.2, 0.25) is 0 Å². The SMILES string of the molecule is CC#CCC(C(=O)O)c1ccc(Br)cc1. The maximum absolute atomic E-state index is 11.0. The molecule has 2 nitrogen and oxygen atoms in total. The zero-order chi connectivity index (χ0) is 11.3. The van der Waals surface area contributed by atoms with Gasteiger partial charge in [-0.2, -0.15) is 0 Å². The minimum Gasteiger partial charge on any atom is -0.481 e. The van der Waals surface area contributed by atoms with Gasteiger partial charge in [0, 0.05) is 10.9 Å². The molecular weight excluding hydrogens is 256 g/mol. The molecule has 0 saturated heterocycles. The van der Waals surface area contributed by atoms with E-state index < -0.39 is 11.9 Å². The first-order valence-corrected chi connectivity index (χ1v) is 5.32. The molecule has 0 amide bonds. The van der Waals surface area contributed by atoms with Crippen molar-refractivity contribution in [2.75, 3.05) is 0 Å². The molecule has 0 bridgehead atoms. The van der Waals surface area contributed by atoms with Crippen LogP contribution >= 0.6 is 15.9 Å². The molecule has 0 saturated carbocycles. The van der Waals surface area contributed by atoms with Crippen LogP contribution in [0.25, 0.3) is 0 Å². The molecule has 78 valence electrons. The zero-order valence-corrected chi connectivity index (χ0v) is 9.91. The van der Waals surface area contributed by atoms with Crippen LogP contribution in [0.15, 0.2) is 28.7 Å². The summed E-state index contributed by atoms with van der Waals surface area (Å²) in [7, 11) is 0. The molecule has 15 heavy (non-hydrogen) atoms. The van der Waals surface area contributed by atoms with Crippen molar-refractivity contribution in [3.8, 4) is 11.8 Å². The third-order valence-corrected chi connectivity index (χ3v) is 2.58. The van der Waals surface area contributed by atoms with Crippen molar-refractivity contribution >= 4 is 21.9 Å². The van der Waals surface area contributed by atoms with Crippen LogP contribution in [0.4, 0.5) is 0 Å². The maximum atomic E-state index is 11.0. The molecule has 0 aromatic heterocycles. The minimum atomic E-state index is -0.833. The van der Waals surface area contributed by atoms with Gasteiger partial charge in [0.15, 0.2) is 0 Å². The Bertz CT molecular complexity index is 398. The number of halogens is 1. The van der Waals surface area contributed by atoms with Crippen molar-refractivity contribution in [3.05, 3.63) is 34.3 Å². The van der Waals surface area contributed by atoms with Gasteiger partial charge in [0.1, 0.15) is 0 Å². The van der Waals surface area contributed by atoms with E-state index in [0.717, 1.165) is 10.0 Å². The van der Waals surface area contributed by atoms with Gasteiger partial charge in [-0.1, -0.05) is 28.1 Å². The van der Waals surface area contributed by atoms with Crippen molar-refractivity contribution < 1.29 is 9.90 Å². The highest BCUT2D eigenvalue weighted by Gasteiger charge is 2.18. The molecule has 1 aromatic carbocycles. The molecule has 1 rings (SSSR count). The van der Waals surface area contributed by atoms with Crippen LogP contribution < -0.4 is 0 Å². The lowest BCUT2D eigenvalue weighted by atomic mass is 9.96. The standard InChI is InChI=1S/C12H11BrO2/c1-2-3-4-11(12(14)15)9-5-7-10(13)8-6-9/h5-8,11H,4H2,1H3,(H,14,15). The summed E-state index contributed by atoms with van der Waals surface area (Å²) in [6.07, 6.45) is 0.355. The Morgan fingerprint density at radius 2 is 2.07 bits per heavy atom. The molecule has 0 radical (unpaired) electrons. The summed E-state index contributed by atoms with van der Waals surface area (Å²) in [5.41, 5.74) is 0.786. The van der Waals surface area contributed by atoms with Crippen LogP contribution in [0.3, 0.4) is 0 Å². The topological polar surface area (TPSA) is 37.3 Å². The first kappa shape index (κ1) is 11.8. The van der Waals surface area contributed by atoms with E-state index in [0.29, 0.717) is 6.42 Å². The van der Waals surface area contributed by atoms with Crippen molar-refractivity contribution in [1.82, 2.24) is 0 Å². The fourth-order valence-corrected chi connectivity index (χ4v) is 1.51. The summed E-state index contributed by atoms with van der Waals surface area (Å²) in [6, 6.07) is 7.29. The third-order valence-electron chi connectivity index (χ3n) is 2.05. The second-order valence-electron chi connectivity index (χ2n) is 3.07. The van der Waals surface area contributed by atoms with Gasteiger partial charge in [-0.15, -0.1) is 11.8 Å². The smallest absolute Gasteiger partial charge is 0.311 e. The van der Waals surface area contributed by atoms with Gasteiger partial charge in [0.25, 0.3) is 0 Å². The highest BCUT2D eigenvalue weighted by Crippen LogP contribution is 2.21. The summed E-state index contributed by atoms with van der Waals surface area (Å²) in [5, 5.41) is 9.04. The quantitative estimate of drug-likeness (QED) is 0.855. The molecular formula is C12H11BrO2. The number of hydrogen-bond acceptors (Lipinski definition) is 1. The van der Waals surface area contributed by atoms with E-state index in [4.69, 9.17) is 5.11 Å². The second-order valence-corrected chi connectivity index (χ2v) is 3.99. The Hall–Kier alpha value is -1.27. The summed E-state index contributed by atoms with van der Waals surface area (Å²) >= 11 is 3.31. The number of hydrogen-bond donors (Lipinski definition) is 1. The van der Waals surface area contributed by atoms with Gasteiger partial charge >= 0.3 is 5.97 Å². The van der Waals surface area contributed by atoms with Crippen molar-refractivity contribution in [2.24, 2.45) is 0 Å². The van der Waals surface area contributed by atoms with E-state index in [1.807, 2.05) is 12.1 Å². The highest BCUT2D eigenvalue weighted by molar-refractivity contribution is 9.10. The van der Waals surface area contributed by atoms with E-state index in [2.05, 4.69) is 27.8 Å². The summed E-state index contributed by atoms with van der Waals surface area (Å²) in [6.45, 7) is 1.71. The Labute approximate surface area is 97.4 Å². The van der Waals surface area contributed by atoms with Crippen molar-refractivity contribution in [3.63, 3.8) is 0 Å². The molecule has 0 aliphatic heterocycles. The van der Waals surface area contributed by atoms with Crippen LogP contribution in [-0.2, 0) is 4.79 Å². The predicted octanol–water partition coefficient (Wildman–Crippen LogP) is 3.03. The molecule has 0 aliphatic rings. The highest BCUT2D eigenvalue weighted by atomic mass is 79.9. The lowest BCUT2D eigenvalue weighted by Gasteiger charge is -2.09. The molecule has 0 heterocycles. The van der Waals surface area contributed by atoms with E-state index in [-0.39, 0.29) is 0 Å². The monoisotopic (exact) mass is 266 g/mol. The first-order chi connectivity index (χ1) is 7.15. The van der Waals surface area contributed by atoms with Crippen LogP contribution in [0.5, 0.6) is 0 Å². The number of carbonyl (C=O) groups is 1. The van der Waals surface area contributed by atoms with Crippen LogP contribution in [-0.4, -0.2) is 11.1 Å². The Kier molecular flexibility index (Phi) is 4.38. The summed E-state index contributed by atoms with van der Waals surface area (Å²) in [4.78, 5) is 11.0. The van der Waals surface area contributed by atoms with Gasteiger partial charge in [0.2, 0.25) is 0 Å². The molecule has 1 N–H and O–H groups in total. The maximum Gasteiger partial charge on any atom is 0.311 e. The van der Waals surface area contributed by atoms with E-state index >= 15 is 0 Å². The molecule has 1 unspecified atom stereocenters. The third kappa shape index (κ3) is 3.41. The molecule has 3 heteroatoms. The number of carboxylic acid groups (broad SMARTS) is 1. The van der Waals surface area contributed by atoms with E-state index in [1.165, 1.54) is 0 Å². The molecule has 1 atom stereocenters. The molecule has 0 aliphatic carbocycles. The Morgan fingerprint density at radius 1 is 1.47 bits per heavy atom. The fraction of sp³-hybridized carbons (Fsp3) is 0.250. The second kappa shape index (κ2) is 5.57. The normalized spacial score (nSPS) is 11.3. The molecule has 0 spiro atoms. The molecule has 1 aromatic rings. The van der Waals surface area contributed by atoms with Crippen LogP contribution in [0.1, 0.15) is 24.8 Å².